The van der Waals surface area contributed by atoms with Gasteiger partial charge >= 0.3 is 0 Å². The van der Waals surface area contributed by atoms with E-state index < -0.39 is 0 Å². The molecular formula is C8H19NO3. The average Bonchev–Trinajstić information content (AvgIpc) is 2.13. The molecule has 4 nitrogen and oxygen atoms in total. The smallest absolute Gasteiger partial charge is 0.169 e. The first kappa shape index (κ1) is 11.8. The van der Waals surface area contributed by atoms with Crippen molar-refractivity contribution in [1.82, 2.24) is 5.32 Å². The molecule has 0 amide bonds. The van der Waals surface area contributed by atoms with Crippen LogP contribution in [0.5, 0.6) is 0 Å². The minimum Gasteiger partial charge on any atom is -0.395 e. The van der Waals surface area contributed by atoms with E-state index in [1.165, 1.54) is 0 Å². The van der Waals surface area contributed by atoms with Gasteiger partial charge in [-0.15, -0.1) is 0 Å². The van der Waals surface area contributed by atoms with Crippen LogP contribution in [0.25, 0.3) is 0 Å². The second kappa shape index (κ2) is 7.49. The van der Waals surface area contributed by atoms with Crippen molar-refractivity contribution >= 4 is 0 Å². The minimum atomic E-state index is -0.231. The summed E-state index contributed by atoms with van der Waals surface area (Å²) in [4.78, 5) is 0. The molecule has 0 bridgehead atoms. The first-order valence-electron chi connectivity index (χ1n) is 4.18. The Morgan fingerprint density at radius 1 is 1.33 bits per heavy atom. The maximum Gasteiger partial charge on any atom is 0.169 e. The third-order valence-electron chi connectivity index (χ3n) is 1.81. The van der Waals surface area contributed by atoms with Gasteiger partial charge in [0, 0.05) is 26.8 Å². The molecule has 2 N–H and O–H groups in total. The van der Waals surface area contributed by atoms with Crippen LogP contribution in [-0.2, 0) is 9.47 Å². The number of hydrogen-bond acceptors (Lipinski definition) is 4. The molecule has 74 valence electrons. The van der Waals surface area contributed by atoms with Gasteiger partial charge in [0.25, 0.3) is 0 Å². The van der Waals surface area contributed by atoms with Crippen LogP contribution in [0.3, 0.4) is 0 Å². The molecule has 0 aliphatic rings. The molecule has 0 heterocycles. The Labute approximate surface area is 73.9 Å². The second-order valence-electron chi connectivity index (χ2n) is 2.60. The van der Waals surface area contributed by atoms with Gasteiger partial charge in [-0.3, -0.25) is 0 Å². The Balaban J connectivity index is 3.49. The average molecular weight is 177 g/mol. The molecule has 0 rings (SSSR count). The van der Waals surface area contributed by atoms with Gasteiger partial charge in [-0.05, 0) is 6.42 Å². The topological polar surface area (TPSA) is 50.7 Å². The number of nitrogens with one attached hydrogen (secondary N) is 1. The zero-order chi connectivity index (χ0) is 9.40. The molecule has 0 radical (unpaired) electrons. The lowest BCUT2D eigenvalue weighted by molar-refractivity contribution is -0.100. The lowest BCUT2D eigenvalue weighted by Gasteiger charge is -2.18. The van der Waals surface area contributed by atoms with Crippen molar-refractivity contribution in [2.75, 3.05) is 27.4 Å². The van der Waals surface area contributed by atoms with Crippen molar-refractivity contribution in [2.45, 2.75) is 25.7 Å². The largest absolute Gasteiger partial charge is 0.395 e. The molecule has 0 spiro atoms. The van der Waals surface area contributed by atoms with Crippen molar-refractivity contribution in [3.63, 3.8) is 0 Å². The molecule has 1 unspecified atom stereocenters. The first-order chi connectivity index (χ1) is 5.78. The highest BCUT2D eigenvalue weighted by Gasteiger charge is 2.08. The Bertz CT molecular complexity index is 80.3. The summed E-state index contributed by atoms with van der Waals surface area (Å²) in [6, 6.07) is 0.137. The van der Waals surface area contributed by atoms with E-state index in [9.17, 15) is 0 Å². The molecular weight excluding hydrogens is 158 g/mol. The lowest BCUT2D eigenvalue weighted by atomic mass is 10.2. The van der Waals surface area contributed by atoms with E-state index in [4.69, 9.17) is 14.6 Å². The monoisotopic (exact) mass is 177 g/mol. The minimum absolute atomic E-state index is 0.137. The van der Waals surface area contributed by atoms with Crippen molar-refractivity contribution in [3.8, 4) is 0 Å². The highest BCUT2D eigenvalue weighted by atomic mass is 16.7. The Hall–Kier alpha value is -0.160. The van der Waals surface area contributed by atoms with Gasteiger partial charge in [-0.2, -0.15) is 0 Å². The van der Waals surface area contributed by atoms with Crippen LogP contribution in [0.4, 0.5) is 0 Å². The van der Waals surface area contributed by atoms with Crippen molar-refractivity contribution < 1.29 is 14.6 Å². The van der Waals surface area contributed by atoms with Crippen LogP contribution in [0.15, 0.2) is 0 Å². The fraction of sp³-hybridized carbons (Fsp3) is 1.00. The summed E-state index contributed by atoms with van der Waals surface area (Å²) in [5.41, 5.74) is 0. The quantitative estimate of drug-likeness (QED) is 0.536. The first-order valence-corrected chi connectivity index (χ1v) is 4.18. The van der Waals surface area contributed by atoms with Gasteiger partial charge in [0.15, 0.2) is 6.29 Å². The standard InChI is InChI=1S/C8H19NO3/c1-4-7(6-10)9-5-8(11-2)12-3/h7-10H,4-6H2,1-3H3. The Morgan fingerprint density at radius 2 is 1.92 bits per heavy atom. The third-order valence-corrected chi connectivity index (χ3v) is 1.81. The SMILES string of the molecule is CCC(CO)NCC(OC)OC. The van der Waals surface area contributed by atoms with E-state index >= 15 is 0 Å². The van der Waals surface area contributed by atoms with Crippen molar-refractivity contribution in [2.24, 2.45) is 0 Å². The van der Waals surface area contributed by atoms with Crippen molar-refractivity contribution in [1.29, 1.82) is 0 Å². The predicted octanol–water partition coefficient (Wildman–Crippen LogP) is -0.0342. The summed E-state index contributed by atoms with van der Waals surface area (Å²) in [6.45, 7) is 2.77. The molecule has 12 heavy (non-hydrogen) atoms. The van der Waals surface area contributed by atoms with E-state index in [-0.39, 0.29) is 18.9 Å². The molecule has 4 heteroatoms. The zero-order valence-electron chi connectivity index (χ0n) is 8.04. The van der Waals surface area contributed by atoms with E-state index in [0.29, 0.717) is 6.54 Å². The lowest BCUT2D eigenvalue weighted by Crippen LogP contribution is -2.38. The van der Waals surface area contributed by atoms with E-state index in [0.717, 1.165) is 6.42 Å². The molecule has 0 aromatic heterocycles. The molecule has 1 atom stereocenters. The van der Waals surface area contributed by atoms with E-state index in [1.807, 2.05) is 6.92 Å². The number of aliphatic hydroxyl groups is 1. The second-order valence-corrected chi connectivity index (χ2v) is 2.60. The van der Waals surface area contributed by atoms with Crippen LogP contribution in [0, 0.1) is 0 Å². The summed E-state index contributed by atoms with van der Waals surface area (Å²) >= 11 is 0. The number of rotatable bonds is 7. The molecule has 0 aliphatic heterocycles. The summed E-state index contributed by atoms with van der Waals surface area (Å²) in [5, 5.41) is 12.0. The summed E-state index contributed by atoms with van der Waals surface area (Å²) in [6.07, 6.45) is 0.669. The molecule has 0 saturated heterocycles. The number of aliphatic hydroxyl groups excluding tert-OH is 1. The van der Waals surface area contributed by atoms with Gasteiger partial charge in [0.2, 0.25) is 0 Å². The maximum absolute atomic E-state index is 8.84. The highest BCUT2D eigenvalue weighted by molar-refractivity contribution is 4.63. The zero-order valence-corrected chi connectivity index (χ0v) is 8.04. The van der Waals surface area contributed by atoms with Crippen LogP contribution in [0.1, 0.15) is 13.3 Å². The van der Waals surface area contributed by atoms with Gasteiger partial charge in [-0.1, -0.05) is 6.92 Å². The van der Waals surface area contributed by atoms with Crippen LogP contribution in [0.2, 0.25) is 0 Å². The van der Waals surface area contributed by atoms with Crippen molar-refractivity contribution in [3.05, 3.63) is 0 Å². The Kier molecular flexibility index (Phi) is 7.39. The fourth-order valence-corrected chi connectivity index (χ4v) is 0.864. The van der Waals surface area contributed by atoms with E-state index in [2.05, 4.69) is 5.32 Å². The molecule has 0 saturated carbocycles. The fourth-order valence-electron chi connectivity index (χ4n) is 0.864. The highest BCUT2D eigenvalue weighted by Crippen LogP contribution is 1.92. The number of methoxy groups -OCH3 is 2. The third kappa shape index (κ3) is 4.66. The molecule has 0 aromatic carbocycles. The van der Waals surface area contributed by atoms with E-state index in [1.54, 1.807) is 14.2 Å². The number of ether oxygens (including phenoxy) is 2. The van der Waals surface area contributed by atoms with Crippen LogP contribution >= 0.6 is 0 Å². The number of hydrogen-bond donors (Lipinski definition) is 2. The van der Waals surface area contributed by atoms with Gasteiger partial charge in [0.05, 0.1) is 6.61 Å². The Morgan fingerprint density at radius 3 is 2.25 bits per heavy atom. The summed E-state index contributed by atoms with van der Waals surface area (Å²) in [5.74, 6) is 0. The summed E-state index contributed by atoms with van der Waals surface area (Å²) < 4.78 is 9.95. The van der Waals surface area contributed by atoms with Gasteiger partial charge in [-0.25, -0.2) is 0 Å². The summed E-state index contributed by atoms with van der Waals surface area (Å²) in [7, 11) is 3.19. The molecule has 0 fully saturated rings. The molecule has 0 aliphatic carbocycles. The predicted molar refractivity (Wildman–Crippen MR) is 47.0 cm³/mol. The van der Waals surface area contributed by atoms with Crippen LogP contribution in [-0.4, -0.2) is 44.8 Å². The van der Waals surface area contributed by atoms with Gasteiger partial charge < -0.3 is 19.9 Å². The molecule has 0 aromatic rings. The normalized spacial score (nSPS) is 13.8. The van der Waals surface area contributed by atoms with Gasteiger partial charge in [0.1, 0.15) is 0 Å². The van der Waals surface area contributed by atoms with Crippen LogP contribution < -0.4 is 5.32 Å². The maximum atomic E-state index is 8.84.